The minimum atomic E-state index is -3.70. The van der Waals surface area contributed by atoms with E-state index >= 15 is 0 Å². The third-order valence-electron chi connectivity index (χ3n) is 4.69. The number of nitrogens with one attached hydrogen (secondary N) is 1. The highest BCUT2D eigenvalue weighted by atomic mass is 32.2. The van der Waals surface area contributed by atoms with Crippen molar-refractivity contribution in [2.45, 2.75) is 33.2 Å². The van der Waals surface area contributed by atoms with Crippen molar-refractivity contribution in [2.24, 2.45) is 0 Å². The Kier molecular flexibility index (Phi) is 8.11. The molecule has 0 saturated carbocycles. The molecule has 2 aromatic carbocycles. The van der Waals surface area contributed by atoms with Crippen LogP contribution in [0.3, 0.4) is 0 Å². The minimum absolute atomic E-state index is 0.245. The summed E-state index contributed by atoms with van der Waals surface area (Å²) in [7, 11) is -2.09. The van der Waals surface area contributed by atoms with E-state index in [2.05, 4.69) is 5.32 Å². The Morgan fingerprint density at radius 2 is 1.83 bits per heavy atom. The van der Waals surface area contributed by atoms with Gasteiger partial charge in [-0.1, -0.05) is 31.2 Å². The van der Waals surface area contributed by atoms with Crippen LogP contribution in [0.15, 0.2) is 42.5 Å². The number of hydrogen-bond donors (Lipinski definition) is 1. The molecule has 0 heterocycles. The van der Waals surface area contributed by atoms with Crippen LogP contribution in [0.1, 0.15) is 37.4 Å². The molecule has 2 rings (SSSR count). The first-order valence-corrected chi connectivity index (χ1v) is 11.7. The number of ether oxygens (including phenoxy) is 2. The molecule has 8 heteroatoms. The second-order valence-corrected chi connectivity index (χ2v) is 8.83. The van der Waals surface area contributed by atoms with E-state index in [9.17, 15) is 13.2 Å². The van der Waals surface area contributed by atoms with Crippen LogP contribution in [0.2, 0.25) is 0 Å². The predicted octanol–water partition coefficient (Wildman–Crippen LogP) is 3.44. The van der Waals surface area contributed by atoms with Gasteiger partial charge in [0.2, 0.25) is 15.9 Å². The van der Waals surface area contributed by atoms with Crippen molar-refractivity contribution in [1.82, 2.24) is 5.32 Å². The van der Waals surface area contributed by atoms with Crippen molar-refractivity contribution in [3.8, 4) is 11.5 Å². The van der Waals surface area contributed by atoms with Gasteiger partial charge in [-0.2, -0.15) is 0 Å². The molecule has 1 atom stereocenters. The highest BCUT2D eigenvalue weighted by molar-refractivity contribution is 7.92. The molecule has 0 bridgehead atoms. The number of methoxy groups -OCH3 is 1. The molecule has 0 aromatic heterocycles. The third-order valence-corrected chi connectivity index (χ3v) is 5.81. The Morgan fingerprint density at radius 1 is 1.13 bits per heavy atom. The Bertz CT molecular complexity index is 975. The fourth-order valence-corrected chi connectivity index (χ4v) is 4.09. The number of anilines is 1. The monoisotopic (exact) mass is 434 g/mol. The molecular formula is C22H30N2O5S. The summed E-state index contributed by atoms with van der Waals surface area (Å²) < 4.78 is 36.8. The van der Waals surface area contributed by atoms with Crippen molar-refractivity contribution < 1.29 is 22.7 Å². The number of carbonyl (C=O) groups is 1. The van der Waals surface area contributed by atoms with Crippen molar-refractivity contribution in [1.29, 1.82) is 0 Å². The lowest BCUT2D eigenvalue weighted by Crippen LogP contribution is -2.41. The van der Waals surface area contributed by atoms with E-state index < -0.39 is 15.9 Å². The first kappa shape index (κ1) is 23.5. The quantitative estimate of drug-likeness (QED) is 0.619. The van der Waals surface area contributed by atoms with Gasteiger partial charge in [-0.15, -0.1) is 0 Å². The Balaban J connectivity index is 2.25. The van der Waals surface area contributed by atoms with Gasteiger partial charge in [0.1, 0.15) is 18.0 Å². The zero-order valence-electron chi connectivity index (χ0n) is 18.1. The van der Waals surface area contributed by atoms with Crippen LogP contribution in [0.4, 0.5) is 5.69 Å². The summed E-state index contributed by atoms with van der Waals surface area (Å²) in [5, 5.41) is 2.94. The molecule has 0 saturated heterocycles. The number of amides is 1. The number of rotatable bonds is 10. The summed E-state index contributed by atoms with van der Waals surface area (Å²) in [5.41, 5.74) is 2.24. The summed E-state index contributed by atoms with van der Waals surface area (Å²) in [6.45, 7) is 5.76. The van der Waals surface area contributed by atoms with Gasteiger partial charge >= 0.3 is 0 Å². The molecule has 0 aliphatic rings. The van der Waals surface area contributed by atoms with Crippen molar-refractivity contribution in [3.63, 3.8) is 0 Å². The van der Waals surface area contributed by atoms with E-state index in [1.54, 1.807) is 31.4 Å². The molecule has 0 aliphatic carbocycles. The highest BCUT2D eigenvalue weighted by Crippen LogP contribution is 2.30. The van der Waals surface area contributed by atoms with Gasteiger partial charge in [0.25, 0.3) is 0 Å². The molecule has 1 N–H and O–H groups in total. The lowest BCUT2D eigenvalue weighted by molar-refractivity contribution is -0.120. The second kappa shape index (κ2) is 10.3. The number of benzene rings is 2. The molecule has 164 valence electrons. The summed E-state index contributed by atoms with van der Waals surface area (Å²) in [4.78, 5) is 12.8. The maximum absolute atomic E-state index is 12.8. The molecule has 1 amide bonds. The SMILES string of the molecule is CCOc1ccccc1N(CC(=O)N[C@@H](CC)c1ccc(OC)c(C)c1)S(C)(=O)=O. The maximum atomic E-state index is 12.8. The first-order chi connectivity index (χ1) is 14.2. The van der Waals surface area contributed by atoms with Gasteiger partial charge in [0.15, 0.2) is 0 Å². The van der Waals surface area contributed by atoms with Crippen LogP contribution in [0, 0.1) is 6.92 Å². The number of aryl methyl sites for hydroxylation is 1. The average Bonchev–Trinajstić information content (AvgIpc) is 2.70. The Hall–Kier alpha value is -2.74. The van der Waals surface area contributed by atoms with Crippen molar-refractivity contribution in [2.75, 3.05) is 30.8 Å². The average molecular weight is 435 g/mol. The van der Waals surface area contributed by atoms with Crippen molar-refractivity contribution in [3.05, 3.63) is 53.6 Å². The number of carbonyl (C=O) groups excluding carboxylic acids is 1. The maximum Gasteiger partial charge on any atom is 0.241 e. The number of nitrogens with zero attached hydrogens (tertiary/aromatic N) is 1. The van der Waals surface area contributed by atoms with Crippen LogP contribution in [-0.4, -0.2) is 40.8 Å². The lowest BCUT2D eigenvalue weighted by Gasteiger charge is -2.25. The van der Waals surface area contributed by atoms with Gasteiger partial charge in [-0.25, -0.2) is 8.42 Å². The van der Waals surface area contributed by atoms with E-state index in [0.717, 1.165) is 27.4 Å². The van der Waals surface area contributed by atoms with Crippen LogP contribution >= 0.6 is 0 Å². The summed E-state index contributed by atoms with van der Waals surface area (Å²) in [6, 6.07) is 12.3. The zero-order chi connectivity index (χ0) is 22.3. The molecule has 0 aliphatic heterocycles. The van der Waals surface area contributed by atoms with Crippen LogP contribution in [0.5, 0.6) is 11.5 Å². The fraction of sp³-hybridized carbons (Fsp3) is 0.409. The van der Waals surface area contributed by atoms with Crippen LogP contribution in [0.25, 0.3) is 0 Å². The van der Waals surface area contributed by atoms with Gasteiger partial charge in [0, 0.05) is 0 Å². The molecule has 0 unspecified atom stereocenters. The summed E-state index contributed by atoms with van der Waals surface area (Å²) in [6.07, 6.45) is 1.74. The van der Waals surface area contributed by atoms with E-state index in [-0.39, 0.29) is 12.6 Å². The smallest absolute Gasteiger partial charge is 0.241 e. The highest BCUT2D eigenvalue weighted by Gasteiger charge is 2.25. The lowest BCUT2D eigenvalue weighted by atomic mass is 10.0. The van der Waals surface area contributed by atoms with Gasteiger partial charge < -0.3 is 14.8 Å². The molecular weight excluding hydrogens is 404 g/mol. The van der Waals surface area contributed by atoms with E-state index in [4.69, 9.17) is 9.47 Å². The van der Waals surface area contributed by atoms with Crippen LogP contribution < -0.4 is 19.1 Å². The van der Waals surface area contributed by atoms with Gasteiger partial charge in [-0.3, -0.25) is 9.10 Å². The Morgan fingerprint density at radius 3 is 2.40 bits per heavy atom. The van der Waals surface area contributed by atoms with Gasteiger partial charge in [-0.05, 0) is 49.6 Å². The Labute approximate surface area is 179 Å². The van der Waals surface area contributed by atoms with Gasteiger partial charge in [0.05, 0.1) is 31.7 Å². The van der Waals surface area contributed by atoms with E-state index in [1.165, 1.54) is 0 Å². The molecule has 2 aromatic rings. The molecule has 0 spiro atoms. The first-order valence-electron chi connectivity index (χ1n) is 9.84. The molecule has 7 nitrogen and oxygen atoms in total. The third kappa shape index (κ3) is 5.89. The van der Waals surface area contributed by atoms with Crippen LogP contribution in [-0.2, 0) is 14.8 Å². The zero-order valence-corrected chi connectivity index (χ0v) is 19.0. The second-order valence-electron chi connectivity index (χ2n) is 6.93. The van der Waals surface area contributed by atoms with Crippen molar-refractivity contribution >= 4 is 21.6 Å². The topological polar surface area (TPSA) is 84.9 Å². The largest absolute Gasteiger partial charge is 0.496 e. The fourth-order valence-electron chi connectivity index (χ4n) is 3.23. The molecule has 0 radical (unpaired) electrons. The number of hydrogen-bond acceptors (Lipinski definition) is 5. The molecule has 0 fully saturated rings. The normalized spacial score (nSPS) is 12.2. The standard InChI is InChI=1S/C22H30N2O5S/c1-6-18(17-12-13-20(28-4)16(3)14-17)23-22(25)15-24(30(5,26)27)19-10-8-9-11-21(19)29-7-2/h8-14,18H,6-7,15H2,1-5H3,(H,23,25)/t18-/m0/s1. The number of para-hydroxylation sites is 2. The predicted molar refractivity (Wildman–Crippen MR) is 119 cm³/mol. The van der Waals surface area contributed by atoms with E-state index in [1.807, 2.05) is 39.0 Å². The van der Waals surface area contributed by atoms with E-state index in [0.29, 0.717) is 24.5 Å². The summed E-state index contributed by atoms with van der Waals surface area (Å²) >= 11 is 0. The number of sulfonamides is 1. The summed E-state index contributed by atoms with van der Waals surface area (Å²) in [5.74, 6) is 0.791. The minimum Gasteiger partial charge on any atom is -0.496 e. The molecule has 30 heavy (non-hydrogen) atoms.